The number of hydrogen-bond acceptors (Lipinski definition) is 9. The second kappa shape index (κ2) is 10.1. The lowest BCUT2D eigenvalue weighted by atomic mass is 9.94. The van der Waals surface area contributed by atoms with Crippen LogP contribution in [0.3, 0.4) is 0 Å². The minimum absolute atomic E-state index is 0.248. The predicted octanol–water partition coefficient (Wildman–Crippen LogP) is 2.70. The Balaban J connectivity index is 1.37. The van der Waals surface area contributed by atoms with E-state index in [1.54, 1.807) is 24.0 Å². The molecule has 0 saturated carbocycles. The minimum atomic E-state index is -0.248. The van der Waals surface area contributed by atoms with Crippen molar-refractivity contribution >= 4 is 28.3 Å². The molecule has 9 nitrogen and oxygen atoms in total. The van der Waals surface area contributed by atoms with Crippen LogP contribution in [0.15, 0.2) is 42.2 Å². The van der Waals surface area contributed by atoms with Crippen LogP contribution in [0.2, 0.25) is 0 Å². The van der Waals surface area contributed by atoms with Crippen molar-refractivity contribution in [2.24, 2.45) is 0 Å². The maximum atomic E-state index is 12.4. The number of aromatic nitrogens is 4. The Labute approximate surface area is 184 Å². The van der Waals surface area contributed by atoms with E-state index in [0.717, 1.165) is 37.2 Å². The summed E-state index contributed by atoms with van der Waals surface area (Å²) in [6.45, 7) is 2.60. The van der Waals surface area contributed by atoms with Crippen LogP contribution in [-0.4, -0.2) is 50.4 Å². The van der Waals surface area contributed by atoms with Crippen molar-refractivity contribution in [3.8, 4) is 6.07 Å². The highest BCUT2D eigenvalue weighted by Gasteiger charge is 2.22. The van der Waals surface area contributed by atoms with E-state index in [1.165, 1.54) is 11.3 Å². The molecule has 4 rings (SSSR count). The first-order valence-corrected chi connectivity index (χ1v) is 10.9. The smallest absolute Gasteiger partial charge is 0.271 e. The molecule has 1 amide bonds. The molecule has 1 atom stereocenters. The Hall–Kier alpha value is -3.42. The van der Waals surface area contributed by atoms with Crippen molar-refractivity contribution in [2.75, 3.05) is 25.0 Å². The van der Waals surface area contributed by atoms with Crippen LogP contribution in [-0.2, 0) is 6.54 Å². The normalized spacial score (nSPS) is 16.4. The topological polar surface area (TPSA) is 120 Å². The molecule has 3 aromatic rings. The summed E-state index contributed by atoms with van der Waals surface area (Å²) >= 11 is 1.32. The molecule has 1 saturated heterocycles. The lowest BCUT2D eigenvalue weighted by Crippen LogP contribution is -2.34. The molecule has 1 unspecified atom stereocenters. The van der Waals surface area contributed by atoms with Crippen molar-refractivity contribution in [2.45, 2.75) is 25.3 Å². The average Bonchev–Trinajstić information content (AvgIpc) is 3.27. The molecule has 0 radical (unpaired) electrons. The number of carbonyl (C=O) groups excluding carboxylic acids is 1. The summed E-state index contributed by atoms with van der Waals surface area (Å²) in [7, 11) is 0. The summed E-state index contributed by atoms with van der Waals surface area (Å²) in [6, 6.07) is 7.87. The zero-order chi connectivity index (χ0) is 21.5. The van der Waals surface area contributed by atoms with Gasteiger partial charge < -0.3 is 10.6 Å². The van der Waals surface area contributed by atoms with Gasteiger partial charge in [-0.2, -0.15) is 5.26 Å². The van der Waals surface area contributed by atoms with E-state index in [9.17, 15) is 4.79 Å². The Morgan fingerprint density at radius 3 is 3.10 bits per heavy atom. The number of amides is 1. The highest BCUT2D eigenvalue weighted by Crippen LogP contribution is 2.26. The molecular weight excluding hydrogens is 412 g/mol. The first-order chi connectivity index (χ1) is 15.2. The van der Waals surface area contributed by atoms with Crippen molar-refractivity contribution in [3.63, 3.8) is 0 Å². The molecular formula is C21H22N8OS. The van der Waals surface area contributed by atoms with E-state index in [0.29, 0.717) is 29.9 Å². The van der Waals surface area contributed by atoms with E-state index in [4.69, 9.17) is 5.26 Å². The van der Waals surface area contributed by atoms with Crippen LogP contribution in [0, 0.1) is 11.3 Å². The molecule has 1 aliphatic rings. The zero-order valence-corrected chi connectivity index (χ0v) is 17.7. The number of nitrogens with zero attached hydrogens (tertiary/aromatic N) is 6. The third-order valence-electron chi connectivity index (χ3n) is 5.03. The summed E-state index contributed by atoms with van der Waals surface area (Å²) in [5.41, 5.74) is 2.21. The Morgan fingerprint density at radius 2 is 2.26 bits per heavy atom. The van der Waals surface area contributed by atoms with Gasteiger partial charge in [0, 0.05) is 43.0 Å². The fraction of sp³-hybridized carbons (Fsp3) is 0.333. The average molecular weight is 435 g/mol. The SMILES string of the molecule is N#CCN1CCCC(c2ccnc(Nc3nc(C(=O)NCc4cccnc4)cs3)n2)C1. The molecule has 31 heavy (non-hydrogen) atoms. The summed E-state index contributed by atoms with van der Waals surface area (Å²) in [5, 5.41) is 17.1. The number of thiazole rings is 1. The maximum absolute atomic E-state index is 12.4. The third kappa shape index (κ3) is 5.59. The summed E-state index contributed by atoms with van der Waals surface area (Å²) < 4.78 is 0. The van der Waals surface area contributed by atoms with Gasteiger partial charge in [0.15, 0.2) is 5.13 Å². The molecule has 2 N–H and O–H groups in total. The highest BCUT2D eigenvalue weighted by atomic mass is 32.1. The first-order valence-electron chi connectivity index (χ1n) is 10.0. The van der Waals surface area contributed by atoms with Crippen LogP contribution >= 0.6 is 11.3 Å². The quantitative estimate of drug-likeness (QED) is 0.545. The number of anilines is 2. The fourth-order valence-corrected chi connectivity index (χ4v) is 4.19. The van der Waals surface area contributed by atoms with Crippen LogP contribution in [0.4, 0.5) is 11.1 Å². The second-order valence-electron chi connectivity index (χ2n) is 7.24. The number of nitrogens with one attached hydrogen (secondary N) is 2. The summed E-state index contributed by atoms with van der Waals surface area (Å²) in [5.74, 6) is 0.477. The van der Waals surface area contributed by atoms with Gasteiger partial charge in [-0.3, -0.25) is 14.7 Å². The summed E-state index contributed by atoms with van der Waals surface area (Å²) in [4.78, 5) is 31.8. The van der Waals surface area contributed by atoms with Crippen LogP contribution in [0.1, 0.15) is 40.5 Å². The predicted molar refractivity (Wildman–Crippen MR) is 117 cm³/mol. The molecule has 1 fully saturated rings. The molecule has 1 aliphatic heterocycles. The van der Waals surface area contributed by atoms with Gasteiger partial charge in [0.25, 0.3) is 5.91 Å². The van der Waals surface area contributed by atoms with E-state index in [2.05, 4.69) is 41.5 Å². The van der Waals surface area contributed by atoms with Crippen molar-refractivity contribution < 1.29 is 4.79 Å². The van der Waals surface area contributed by atoms with E-state index in [-0.39, 0.29) is 11.8 Å². The van der Waals surface area contributed by atoms with Crippen LogP contribution in [0.25, 0.3) is 0 Å². The maximum Gasteiger partial charge on any atom is 0.271 e. The molecule has 0 bridgehead atoms. The van der Waals surface area contributed by atoms with Gasteiger partial charge in [-0.05, 0) is 37.1 Å². The Kier molecular flexibility index (Phi) is 6.76. The highest BCUT2D eigenvalue weighted by molar-refractivity contribution is 7.14. The number of pyridine rings is 1. The van der Waals surface area contributed by atoms with Gasteiger partial charge in [0.05, 0.1) is 18.3 Å². The van der Waals surface area contributed by atoms with Crippen molar-refractivity contribution in [1.82, 2.24) is 30.2 Å². The van der Waals surface area contributed by atoms with Gasteiger partial charge >= 0.3 is 0 Å². The lowest BCUT2D eigenvalue weighted by molar-refractivity contribution is 0.0946. The lowest BCUT2D eigenvalue weighted by Gasteiger charge is -2.30. The van der Waals surface area contributed by atoms with Gasteiger partial charge in [-0.15, -0.1) is 11.3 Å². The van der Waals surface area contributed by atoms with E-state index >= 15 is 0 Å². The molecule has 10 heteroatoms. The van der Waals surface area contributed by atoms with Crippen molar-refractivity contribution in [3.05, 3.63) is 59.1 Å². The molecule has 0 aromatic carbocycles. The summed E-state index contributed by atoms with van der Waals surface area (Å²) in [6.07, 6.45) is 7.21. The van der Waals surface area contributed by atoms with E-state index in [1.807, 2.05) is 18.2 Å². The van der Waals surface area contributed by atoms with Gasteiger partial charge in [-0.1, -0.05) is 6.07 Å². The molecule has 0 spiro atoms. The van der Waals surface area contributed by atoms with Gasteiger partial charge in [0.2, 0.25) is 5.95 Å². The fourth-order valence-electron chi connectivity index (χ4n) is 3.51. The van der Waals surface area contributed by atoms with Crippen LogP contribution < -0.4 is 10.6 Å². The number of piperidine rings is 1. The van der Waals surface area contributed by atoms with Crippen molar-refractivity contribution in [1.29, 1.82) is 5.26 Å². The number of nitriles is 1. The number of likely N-dealkylation sites (tertiary alicyclic amines) is 1. The number of hydrogen-bond donors (Lipinski definition) is 2. The minimum Gasteiger partial charge on any atom is -0.347 e. The Morgan fingerprint density at radius 1 is 1.32 bits per heavy atom. The molecule has 158 valence electrons. The monoisotopic (exact) mass is 434 g/mol. The second-order valence-corrected chi connectivity index (χ2v) is 8.10. The number of rotatable bonds is 7. The first kappa shape index (κ1) is 20.8. The molecule has 0 aliphatic carbocycles. The molecule has 3 aromatic heterocycles. The van der Waals surface area contributed by atoms with Gasteiger partial charge in [-0.25, -0.2) is 15.0 Å². The number of carbonyl (C=O) groups is 1. The Bertz CT molecular complexity index is 1060. The van der Waals surface area contributed by atoms with Crippen LogP contribution in [0.5, 0.6) is 0 Å². The largest absolute Gasteiger partial charge is 0.347 e. The van der Waals surface area contributed by atoms with E-state index < -0.39 is 0 Å². The zero-order valence-electron chi connectivity index (χ0n) is 16.9. The third-order valence-corrected chi connectivity index (χ3v) is 5.78. The van der Waals surface area contributed by atoms with Gasteiger partial charge in [0.1, 0.15) is 5.69 Å². The molecule has 4 heterocycles. The standard InChI is InChI=1S/C21H22N8OS/c22-6-10-29-9-2-4-16(13-29)17-5-8-24-20(26-17)28-21-27-18(14-31-21)19(30)25-12-15-3-1-7-23-11-15/h1,3,5,7-8,11,14,16H,2,4,9-10,12-13H2,(H,25,30)(H,24,26,27,28).